The summed E-state index contributed by atoms with van der Waals surface area (Å²) in [5.74, 6) is -9.81. The molecule has 0 aromatic heterocycles. The number of rotatable bonds is 32. The van der Waals surface area contributed by atoms with Crippen molar-refractivity contribution in [3.63, 3.8) is 0 Å². The largest absolute Gasteiger partial charge is 0.481 e. The van der Waals surface area contributed by atoms with Gasteiger partial charge in [-0.1, -0.05) is 0 Å². The summed E-state index contributed by atoms with van der Waals surface area (Å²) in [6, 6.07) is -10.1. The smallest absolute Gasteiger partial charge is 0.326 e. The van der Waals surface area contributed by atoms with Gasteiger partial charge in [0.25, 0.3) is 0 Å². The van der Waals surface area contributed by atoms with Crippen LogP contribution in [0.4, 0.5) is 0 Å². The molecular weight excluding hydrogens is 827 g/mol. The van der Waals surface area contributed by atoms with Gasteiger partial charge in [-0.15, -0.1) is 0 Å². The average molecular weight is 890 g/mol. The number of carbonyl (C=O) groups is 9. The Bertz CT molecular complexity index is 1560. The molecule has 0 aliphatic heterocycles. The highest BCUT2D eigenvalue weighted by Crippen LogP contribution is 2.08. The molecule has 0 aliphatic carbocycles. The number of nitrogens with two attached hydrogens (primary N) is 7. The molecule has 0 bridgehead atoms. The maximum atomic E-state index is 13.9. The molecule has 27 heteroatoms. The van der Waals surface area contributed by atoms with Crippen LogP contribution in [0.2, 0.25) is 0 Å². The molecule has 0 spiro atoms. The highest BCUT2D eigenvalue weighted by atomic mass is 32.2. The minimum Gasteiger partial charge on any atom is -0.481 e. The summed E-state index contributed by atoms with van der Waals surface area (Å²) in [7, 11) is 0. The Balaban J connectivity index is 6.49. The van der Waals surface area contributed by atoms with E-state index in [0.29, 0.717) is 25.1 Å². The van der Waals surface area contributed by atoms with Crippen molar-refractivity contribution in [3.8, 4) is 0 Å². The van der Waals surface area contributed by atoms with Crippen LogP contribution in [0.5, 0.6) is 0 Å². The summed E-state index contributed by atoms with van der Waals surface area (Å²) < 4.78 is 0. The molecule has 0 radical (unpaired) electrons. The Morgan fingerprint density at radius 2 is 0.984 bits per heavy atom. The number of guanidine groups is 2. The predicted octanol–water partition coefficient (Wildman–Crippen LogP) is -6.33. The second-order valence-corrected chi connectivity index (χ2v) is 14.7. The zero-order chi connectivity index (χ0) is 46.7. The number of aliphatic imine (C=N–C) groups is 2. The fourth-order valence-corrected chi connectivity index (χ4v) is 5.73. The van der Waals surface area contributed by atoms with Crippen LogP contribution in [0, 0.1) is 0 Å². The van der Waals surface area contributed by atoms with Crippen molar-refractivity contribution in [2.45, 2.75) is 113 Å². The molecule has 0 heterocycles. The summed E-state index contributed by atoms with van der Waals surface area (Å²) in [5.41, 5.74) is 38.3. The number of thioether (sulfide) groups is 1. The Hall–Kier alpha value is -5.96. The third-order valence-corrected chi connectivity index (χ3v) is 9.13. The average Bonchev–Trinajstić information content (AvgIpc) is 3.17. The van der Waals surface area contributed by atoms with Gasteiger partial charge < -0.3 is 82.2 Å². The maximum absolute atomic E-state index is 13.9. The lowest BCUT2D eigenvalue weighted by Crippen LogP contribution is -2.60. The van der Waals surface area contributed by atoms with Crippen molar-refractivity contribution in [3.05, 3.63) is 0 Å². The first-order valence-corrected chi connectivity index (χ1v) is 20.6. The molecule has 0 fully saturated rings. The minimum atomic E-state index is -1.81. The molecular formula is C34H63N15O11S. The first-order chi connectivity index (χ1) is 28.6. The Morgan fingerprint density at radius 1 is 0.557 bits per heavy atom. The molecule has 22 N–H and O–H groups in total. The normalized spacial score (nSPS) is 14.2. The molecule has 346 valence electrons. The lowest BCUT2D eigenvalue weighted by molar-refractivity contribution is -0.142. The van der Waals surface area contributed by atoms with E-state index in [1.807, 2.05) is 0 Å². The van der Waals surface area contributed by atoms with Gasteiger partial charge in [-0.2, -0.15) is 11.8 Å². The van der Waals surface area contributed by atoms with Crippen molar-refractivity contribution in [2.24, 2.45) is 50.1 Å². The highest BCUT2D eigenvalue weighted by Gasteiger charge is 2.34. The van der Waals surface area contributed by atoms with E-state index in [4.69, 9.17) is 40.1 Å². The van der Waals surface area contributed by atoms with Gasteiger partial charge in [0.2, 0.25) is 41.4 Å². The number of amides is 7. The molecule has 7 atom stereocenters. The third kappa shape index (κ3) is 24.7. The SMILES string of the molecule is CSCC[C@H](N)C(=O)N[C@@H](CC(=O)O)C(=O)N[C@@H](CC(N)=O)C(=O)N[C@@H](CCCN=C(N)N)C(=O)N[C@@H](CCCN=C(N)N)C(=O)N[C@@H](C)C(=O)N[C@@H](CCCCN)C(=O)O. The number of unbranched alkanes of at least 4 members (excludes halogenated alkanes) is 1. The van der Waals surface area contributed by atoms with Gasteiger partial charge in [-0.3, -0.25) is 48.3 Å². The lowest BCUT2D eigenvalue weighted by Gasteiger charge is -2.27. The van der Waals surface area contributed by atoms with E-state index in [1.54, 1.807) is 6.26 Å². The third-order valence-electron chi connectivity index (χ3n) is 8.49. The van der Waals surface area contributed by atoms with Crippen molar-refractivity contribution in [2.75, 3.05) is 31.6 Å². The van der Waals surface area contributed by atoms with Crippen LogP contribution in [0.15, 0.2) is 9.98 Å². The monoisotopic (exact) mass is 889 g/mol. The molecule has 0 rings (SSSR count). The quantitative estimate of drug-likeness (QED) is 0.0170. The Morgan fingerprint density at radius 3 is 1.43 bits per heavy atom. The fourth-order valence-electron chi connectivity index (χ4n) is 5.24. The summed E-state index contributed by atoms with van der Waals surface area (Å²) in [5, 5.41) is 33.1. The second-order valence-electron chi connectivity index (χ2n) is 13.7. The van der Waals surface area contributed by atoms with Gasteiger partial charge >= 0.3 is 11.9 Å². The number of carboxylic acid groups (broad SMARTS) is 2. The number of carbonyl (C=O) groups excluding carboxylic acids is 7. The number of hydrogen-bond donors (Lipinski definition) is 15. The van der Waals surface area contributed by atoms with Gasteiger partial charge in [0.05, 0.1) is 18.9 Å². The molecule has 0 aromatic carbocycles. The van der Waals surface area contributed by atoms with Gasteiger partial charge in [0, 0.05) is 13.1 Å². The lowest BCUT2D eigenvalue weighted by atomic mass is 10.1. The summed E-state index contributed by atoms with van der Waals surface area (Å²) >= 11 is 1.40. The van der Waals surface area contributed by atoms with Gasteiger partial charge in [-0.05, 0) is 76.8 Å². The van der Waals surface area contributed by atoms with Crippen LogP contribution < -0.4 is 72.0 Å². The predicted molar refractivity (Wildman–Crippen MR) is 225 cm³/mol. The van der Waals surface area contributed by atoms with Crippen LogP contribution in [0.1, 0.15) is 71.1 Å². The fraction of sp³-hybridized carbons (Fsp3) is 0.676. The van der Waals surface area contributed by atoms with Crippen molar-refractivity contribution in [1.82, 2.24) is 31.9 Å². The van der Waals surface area contributed by atoms with E-state index in [1.165, 1.54) is 18.7 Å². The molecule has 0 aliphatic rings. The standard InChI is InChI=1S/C34H63N15O11S/c1-17(26(53)47-21(32(59)60)7-3-4-11-35)44-28(55)19(8-5-12-42-33(38)39)45-29(56)20(9-6-13-43-34(40)41)46-30(57)22(15-24(37)50)49-31(58)23(16-25(51)52)48-27(54)18(36)10-14-61-2/h17-23H,3-16,35-36H2,1-2H3,(H2,37,50)(H,44,55)(H,45,56)(H,46,57)(H,47,53)(H,48,54)(H,49,58)(H,51,52)(H,59,60)(H4,38,39,42)(H4,40,41,43)/t17-,18-,19-,20-,21-,22-,23-/m0/s1. The number of nitrogens with one attached hydrogen (secondary N) is 6. The van der Waals surface area contributed by atoms with Crippen LogP contribution >= 0.6 is 11.8 Å². The van der Waals surface area contributed by atoms with E-state index in [-0.39, 0.29) is 63.5 Å². The van der Waals surface area contributed by atoms with E-state index < -0.39 is 108 Å². The molecule has 0 aromatic rings. The molecule has 0 saturated heterocycles. The Kier molecular flexibility index (Phi) is 27.2. The van der Waals surface area contributed by atoms with Gasteiger partial charge in [-0.25, -0.2) is 4.79 Å². The Labute approximate surface area is 356 Å². The van der Waals surface area contributed by atoms with Gasteiger partial charge in [0.15, 0.2) is 11.9 Å². The summed E-state index contributed by atoms with van der Waals surface area (Å²) in [6.45, 7) is 1.59. The van der Waals surface area contributed by atoms with Crippen LogP contribution in [0.25, 0.3) is 0 Å². The minimum absolute atomic E-state index is 0.0152. The zero-order valence-corrected chi connectivity index (χ0v) is 35.2. The molecule has 0 saturated carbocycles. The number of nitrogens with zero attached hydrogens (tertiary/aromatic N) is 2. The zero-order valence-electron chi connectivity index (χ0n) is 34.4. The van der Waals surface area contributed by atoms with Crippen LogP contribution in [0.3, 0.4) is 0 Å². The first kappa shape index (κ1) is 55.0. The van der Waals surface area contributed by atoms with Crippen molar-refractivity contribution >= 4 is 77.0 Å². The van der Waals surface area contributed by atoms with Gasteiger partial charge in [0.1, 0.15) is 36.3 Å². The first-order valence-electron chi connectivity index (χ1n) is 19.2. The topological polar surface area (TPSA) is 473 Å². The number of carboxylic acids is 2. The highest BCUT2D eigenvalue weighted by molar-refractivity contribution is 7.98. The number of primary amides is 1. The number of hydrogen-bond acceptors (Lipinski definition) is 14. The summed E-state index contributed by atoms with van der Waals surface area (Å²) in [6.07, 6.45) is 1.06. The van der Waals surface area contributed by atoms with E-state index in [9.17, 15) is 53.4 Å². The molecule has 61 heavy (non-hydrogen) atoms. The van der Waals surface area contributed by atoms with Crippen LogP contribution in [-0.2, 0) is 43.2 Å². The van der Waals surface area contributed by atoms with Crippen molar-refractivity contribution in [1.29, 1.82) is 0 Å². The van der Waals surface area contributed by atoms with E-state index >= 15 is 0 Å². The van der Waals surface area contributed by atoms with E-state index in [0.717, 1.165) is 0 Å². The molecule has 0 unspecified atom stereocenters. The molecule has 26 nitrogen and oxygen atoms in total. The second kappa shape index (κ2) is 30.1. The van der Waals surface area contributed by atoms with Crippen molar-refractivity contribution < 1.29 is 53.4 Å². The van der Waals surface area contributed by atoms with Crippen LogP contribution in [-0.4, -0.2) is 149 Å². The molecule has 7 amide bonds. The summed E-state index contributed by atoms with van der Waals surface area (Å²) in [4.78, 5) is 123. The number of aliphatic carboxylic acids is 2. The van der Waals surface area contributed by atoms with E-state index in [2.05, 4.69) is 41.9 Å². The maximum Gasteiger partial charge on any atom is 0.326 e.